The van der Waals surface area contributed by atoms with Crippen molar-refractivity contribution in [2.75, 3.05) is 0 Å². The van der Waals surface area contributed by atoms with E-state index in [1.165, 1.54) is 19.3 Å². The third-order valence-corrected chi connectivity index (χ3v) is 4.43. The molecule has 2 atom stereocenters. The van der Waals surface area contributed by atoms with Crippen LogP contribution in [-0.4, -0.2) is 23.2 Å². The van der Waals surface area contributed by atoms with Gasteiger partial charge in [0.2, 0.25) is 0 Å². The topological polar surface area (TPSA) is 62.4 Å². The van der Waals surface area contributed by atoms with E-state index >= 15 is 0 Å². The zero-order valence-electron chi connectivity index (χ0n) is 14.6. The second-order valence-corrected chi connectivity index (χ2v) is 7.02. The van der Waals surface area contributed by atoms with E-state index in [1.54, 1.807) is 24.3 Å². The van der Waals surface area contributed by atoms with E-state index < -0.39 is 0 Å². The summed E-state index contributed by atoms with van der Waals surface area (Å²) in [5, 5.41) is 3.75. The minimum Gasteiger partial charge on any atom is -0.491 e. The number of hydrogen-bond donors (Lipinski definition) is 3. The molecule has 1 amide bonds. The Morgan fingerprint density at radius 1 is 1.17 bits per heavy atom. The highest BCUT2D eigenvalue weighted by Crippen LogP contribution is 2.23. The van der Waals surface area contributed by atoms with E-state index in [1.807, 2.05) is 13.8 Å². The molecule has 0 heterocycles. The first-order chi connectivity index (χ1) is 11.5. The molecule has 0 aromatic heterocycles. The largest absolute Gasteiger partial charge is 0.491 e. The fourth-order valence-electron chi connectivity index (χ4n) is 2.88. The van der Waals surface area contributed by atoms with Crippen molar-refractivity contribution in [2.45, 2.75) is 58.6 Å². The molecule has 1 aliphatic carbocycles. The minimum atomic E-state index is -0.230. The molecular weight excluding hydrogens is 322 g/mol. The second-order valence-electron chi connectivity index (χ2n) is 6.61. The van der Waals surface area contributed by atoms with E-state index in [-0.39, 0.29) is 12.0 Å². The zero-order chi connectivity index (χ0) is 17.5. The van der Waals surface area contributed by atoms with Gasteiger partial charge in [0.05, 0.1) is 6.10 Å². The van der Waals surface area contributed by atoms with E-state index in [0.29, 0.717) is 22.6 Å². The summed E-state index contributed by atoms with van der Waals surface area (Å²) in [6.07, 6.45) is 4.96. The van der Waals surface area contributed by atoms with Crippen LogP contribution in [0.3, 0.4) is 0 Å². The lowest BCUT2D eigenvalue weighted by molar-refractivity contribution is 0.0943. The predicted octanol–water partition coefficient (Wildman–Crippen LogP) is 3.16. The summed E-state index contributed by atoms with van der Waals surface area (Å²) in [4.78, 5) is 12.1. The molecule has 0 spiro atoms. The molecule has 2 rings (SSSR count). The number of rotatable bonds is 4. The van der Waals surface area contributed by atoms with Crippen LogP contribution in [0.15, 0.2) is 24.3 Å². The summed E-state index contributed by atoms with van der Waals surface area (Å²) in [5.74, 6) is 1.12. The molecule has 1 aromatic rings. The molecule has 0 bridgehead atoms. The van der Waals surface area contributed by atoms with Gasteiger partial charge in [-0.2, -0.15) is 0 Å². The summed E-state index contributed by atoms with van der Waals surface area (Å²) in [7, 11) is 0. The number of hydrazine groups is 1. The number of carbonyl (C=O) groups is 1. The molecular formula is C18H27N3O2S. The molecule has 1 aromatic carbocycles. The number of carbonyl (C=O) groups excluding carboxylic acids is 1. The van der Waals surface area contributed by atoms with Gasteiger partial charge in [0.1, 0.15) is 5.75 Å². The highest BCUT2D eigenvalue weighted by atomic mass is 32.1. The SMILES string of the molecule is CC(C)Oc1ccc(C(=O)NNC(=S)N[C@H]2CCCC[C@@H]2C)cc1. The Labute approximate surface area is 149 Å². The first kappa shape index (κ1) is 18.5. The van der Waals surface area contributed by atoms with Gasteiger partial charge in [-0.3, -0.25) is 15.6 Å². The van der Waals surface area contributed by atoms with Crippen molar-refractivity contribution in [3.8, 4) is 5.75 Å². The third-order valence-electron chi connectivity index (χ3n) is 4.21. The van der Waals surface area contributed by atoms with Gasteiger partial charge >= 0.3 is 0 Å². The number of nitrogens with one attached hydrogen (secondary N) is 3. The van der Waals surface area contributed by atoms with Crippen molar-refractivity contribution >= 4 is 23.2 Å². The number of benzene rings is 1. The first-order valence-electron chi connectivity index (χ1n) is 8.59. The molecule has 1 saturated carbocycles. The zero-order valence-corrected chi connectivity index (χ0v) is 15.4. The van der Waals surface area contributed by atoms with E-state index in [9.17, 15) is 4.79 Å². The van der Waals surface area contributed by atoms with E-state index in [4.69, 9.17) is 17.0 Å². The lowest BCUT2D eigenvalue weighted by Crippen LogP contribution is -2.51. The number of ether oxygens (including phenoxy) is 1. The van der Waals surface area contributed by atoms with Crippen LogP contribution in [0.4, 0.5) is 0 Å². The Bertz CT molecular complexity index is 560. The van der Waals surface area contributed by atoms with Crippen molar-refractivity contribution in [3.05, 3.63) is 29.8 Å². The Hall–Kier alpha value is -1.82. The first-order valence-corrected chi connectivity index (χ1v) is 9.00. The van der Waals surface area contributed by atoms with Gasteiger partial charge in [-0.25, -0.2) is 0 Å². The average Bonchev–Trinajstić information content (AvgIpc) is 2.55. The van der Waals surface area contributed by atoms with Crippen molar-refractivity contribution < 1.29 is 9.53 Å². The molecule has 0 saturated heterocycles. The summed E-state index contributed by atoms with van der Waals surface area (Å²) in [6.45, 7) is 6.16. The average molecular weight is 350 g/mol. The maximum atomic E-state index is 12.1. The van der Waals surface area contributed by atoms with Crippen LogP contribution >= 0.6 is 12.2 Å². The van der Waals surface area contributed by atoms with Gasteiger partial charge in [0.15, 0.2) is 5.11 Å². The van der Waals surface area contributed by atoms with Crippen molar-refractivity contribution in [3.63, 3.8) is 0 Å². The molecule has 132 valence electrons. The fraction of sp³-hybridized carbons (Fsp3) is 0.556. The Kier molecular flexibility index (Phi) is 6.85. The van der Waals surface area contributed by atoms with Crippen LogP contribution in [0.2, 0.25) is 0 Å². The highest BCUT2D eigenvalue weighted by molar-refractivity contribution is 7.80. The van der Waals surface area contributed by atoms with Crippen molar-refractivity contribution in [1.82, 2.24) is 16.2 Å². The van der Waals surface area contributed by atoms with Crippen molar-refractivity contribution in [2.24, 2.45) is 5.92 Å². The quantitative estimate of drug-likeness (QED) is 0.576. The summed E-state index contributed by atoms with van der Waals surface area (Å²) >= 11 is 5.27. The molecule has 0 unspecified atom stereocenters. The molecule has 0 radical (unpaired) electrons. The fourth-order valence-corrected chi connectivity index (χ4v) is 3.08. The van der Waals surface area contributed by atoms with Gasteiger partial charge in [0, 0.05) is 11.6 Å². The molecule has 1 fully saturated rings. The molecule has 0 aliphatic heterocycles. The monoisotopic (exact) mass is 349 g/mol. The van der Waals surface area contributed by atoms with Crippen LogP contribution < -0.4 is 20.9 Å². The number of hydrogen-bond acceptors (Lipinski definition) is 3. The lowest BCUT2D eigenvalue weighted by Gasteiger charge is -2.30. The highest BCUT2D eigenvalue weighted by Gasteiger charge is 2.21. The second kappa shape index (κ2) is 8.87. The number of thiocarbonyl (C=S) groups is 1. The van der Waals surface area contributed by atoms with E-state index in [2.05, 4.69) is 23.1 Å². The maximum Gasteiger partial charge on any atom is 0.269 e. The van der Waals surface area contributed by atoms with Crippen LogP contribution in [0.1, 0.15) is 56.8 Å². The van der Waals surface area contributed by atoms with Crippen LogP contribution in [0.5, 0.6) is 5.75 Å². The van der Waals surface area contributed by atoms with E-state index in [0.717, 1.165) is 12.2 Å². The van der Waals surface area contributed by atoms with Gasteiger partial charge in [-0.1, -0.05) is 19.8 Å². The molecule has 24 heavy (non-hydrogen) atoms. The standard InChI is InChI=1S/C18H27N3O2S/c1-12(2)23-15-10-8-14(9-11-15)17(22)20-21-18(24)19-16-7-5-4-6-13(16)3/h8-13,16H,4-7H2,1-3H3,(H,20,22)(H2,19,21,24)/t13-,16-/m0/s1. The van der Waals surface area contributed by atoms with Crippen LogP contribution in [0, 0.1) is 5.92 Å². The minimum absolute atomic E-state index is 0.108. The maximum absolute atomic E-state index is 12.1. The van der Waals surface area contributed by atoms with Crippen LogP contribution in [0.25, 0.3) is 0 Å². The molecule has 3 N–H and O–H groups in total. The van der Waals surface area contributed by atoms with Gasteiger partial charge in [0.25, 0.3) is 5.91 Å². The summed E-state index contributed by atoms with van der Waals surface area (Å²) in [6, 6.07) is 7.41. The normalized spacial score (nSPS) is 20.3. The summed E-state index contributed by atoms with van der Waals surface area (Å²) < 4.78 is 5.56. The van der Waals surface area contributed by atoms with Gasteiger partial charge < -0.3 is 10.1 Å². The summed E-state index contributed by atoms with van der Waals surface area (Å²) in [5.41, 5.74) is 5.96. The smallest absolute Gasteiger partial charge is 0.269 e. The molecule has 6 heteroatoms. The molecule has 5 nitrogen and oxygen atoms in total. The Morgan fingerprint density at radius 2 is 1.83 bits per heavy atom. The lowest BCUT2D eigenvalue weighted by atomic mass is 9.86. The third kappa shape index (κ3) is 5.67. The molecule has 1 aliphatic rings. The predicted molar refractivity (Wildman–Crippen MR) is 100.0 cm³/mol. The number of amides is 1. The van der Waals surface area contributed by atoms with Crippen molar-refractivity contribution in [1.29, 1.82) is 0 Å². The Morgan fingerprint density at radius 3 is 2.46 bits per heavy atom. The Balaban J connectivity index is 1.78. The van der Waals surface area contributed by atoms with Gasteiger partial charge in [-0.05, 0) is 69.1 Å². The van der Waals surface area contributed by atoms with Crippen LogP contribution in [-0.2, 0) is 0 Å². The van der Waals surface area contributed by atoms with Gasteiger partial charge in [-0.15, -0.1) is 0 Å².